The van der Waals surface area contributed by atoms with E-state index in [1.807, 2.05) is 36.5 Å². The number of carbonyl (C=O) groups excluding carboxylic acids is 1. The van der Waals surface area contributed by atoms with Gasteiger partial charge < -0.3 is 10.2 Å². The summed E-state index contributed by atoms with van der Waals surface area (Å²) >= 11 is 6.12. The van der Waals surface area contributed by atoms with Crippen LogP contribution in [0.3, 0.4) is 0 Å². The Morgan fingerprint density at radius 1 is 1.17 bits per heavy atom. The monoisotopic (exact) mass is 345 g/mol. The van der Waals surface area contributed by atoms with Gasteiger partial charge in [0.25, 0.3) is 5.91 Å². The smallest absolute Gasteiger partial charge is 0.253 e. The Bertz CT molecular complexity index is 669. The second-order valence-corrected chi connectivity index (χ2v) is 6.10. The highest BCUT2D eigenvalue weighted by Crippen LogP contribution is 2.17. The Hall–Kier alpha value is -2.07. The molecule has 1 heterocycles. The molecule has 0 saturated heterocycles. The molecule has 0 unspecified atom stereocenters. The van der Waals surface area contributed by atoms with E-state index in [-0.39, 0.29) is 5.91 Å². The maximum Gasteiger partial charge on any atom is 0.253 e. The number of hydrogen-bond acceptors (Lipinski definition) is 3. The van der Waals surface area contributed by atoms with Crippen LogP contribution in [-0.4, -0.2) is 24.0 Å². The van der Waals surface area contributed by atoms with Crippen molar-refractivity contribution in [2.75, 3.05) is 18.0 Å². The van der Waals surface area contributed by atoms with E-state index in [1.165, 1.54) is 0 Å². The van der Waals surface area contributed by atoms with E-state index in [4.69, 9.17) is 11.6 Å². The number of hydrogen-bond donors (Lipinski definition) is 1. The van der Waals surface area contributed by atoms with Crippen LogP contribution in [0.25, 0.3) is 0 Å². The number of anilines is 1. The maximum atomic E-state index is 12.4. The molecule has 0 fully saturated rings. The second-order valence-electron chi connectivity index (χ2n) is 5.69. The van der Waals surface area contributed by atoms with Crippen molar-refractivity contribution in [3.05, 3.63) is 58.9 Å². The molecule has 1 aromatic heterocycles. The predicted octanol–water partition coefficient (Wildman–Crippen LogP) is 4.29. The van der Waals surface area contributed by atoms with Crippen molar-refractivity contribution < 1.29 is 4.79 Å². The van der Waals surface area contributed by atoms with Gasteiger partial charge in [0.05, 0.1) is 17.4 Å². The summed E-state index contributed by atoms with van der Waals surface area (Å²) in [6.45, 7) is 6.61. The molecule has 0 radical (unpaired) electrons. The summed E-state index contributed by atoms with van der Waals surface area (Å²) in [4.78, 5) is 18.9. The Morgan fingerprint density at radius 2 is 1.88 bits per heavy atom. The number of amides is 1. The molecule has 0 aliphatic heterocycles. The second kappa shape index (κ2) is 9.28. The van der Waals surface area contributed by atoms with E-state index >= 15 is 0 Å². The van der Waals surface area contributed by atoms with Gasteiger partial charge in [-0.25, -0.2) is 0 Å². The van der Waals surface area contributed by atoms with Gasteiger partial charge in [0, 0.05) is 30.9 Å². The van der Waals surface area contributed by atoms with E-state index in [1.54, 1.807) is 6.20 Å². The molecule has 2 rings (SSSR count). The SMILES string of the molecule is CCCN(CCC)c1cncc(C(=O)NCc2ccccc2Cl)c1. The quantitative estimate of drug-likeness (QED) is 0.776. The largest absolute Gasteiger partial charge is 0.370 e. The first-order valence-corrected chi connectivity index (χ1v) is 8.75. The lowest BCUT2D eigenvalue weighted by atomic mass is 10.2. The summed E-state index contributed by atoms with van der Waals surface area (Å²) in [5.74, 6) is -0.141. The first kappa shape index (κ1) is 18.3. The summed E-state index contributed by atoms with van der Waals surface area (Å²) < 4.78 is 0. The molecule has 24 heavy (non-hydrogen) atoms. The highest BCUT2D eigenvalue weighted by atomic mass is 35.5. The minimum atomic E-state index is -0.141. The van der Waals surface area contributed by atoms with Crippen molar-refractivity contribution >= 4 is 23.2 Å². The molecule has 128 valence electrons. The van der Waals surface area contributed by atoms with Crippen LogP contribution >= 0.6 is 11.6 Å². The van der Waals surface area contributed by atoms with Gasteiger partial charge in [-0.15, -0.1) is 0 Å². The zero-order valence-corrected chi connectivity index (χ0v) is 15.0. The Kier molecular flexibility index (Phi) is 7.07. The molecule has 5 heteroatoms. The topological polar surface area (TPSA) is 45.2 Å². The van der Waals surface area contributed by atoms with Gasteiger partial charge in [0.1, 0.15) is 0 Å². The molecule has 0 aliphatic carbocycles. The van der Waals surface area contributed by atoms with Gasteiger partial charge in [-0.3, -0.25) is 9.78 Å². The Labute approximate surface area is 148 Å². The van der Waals surface area contributed by atoms with Gasteiger partial charge in [-0.2, -0.15) is 0 Å². The summed E-state index contributed by atoms with van der Waals surface area (Å²) in [7, 11) is 0. The first-order chi connectivity index (χ1) is 11.7. The number of benzene rings is 1. The fourth-order valence-electron chi connectivity index (χ4n) is 2.55. The fraction of sp³-hybridized carbons (Fsp3) is 0.368. The van der Waals surface area contributed by atoms with Gasteiger partial charge in [-0.05, 0) is 30.5 Å². The third-order valence-corrected chi connectivity index (χ3v) is 4.10. The average Bonchev–Trinajstić information content (AvgIpc) is 2.61. The lowest BCUT2D eigenvalue weighted by Gasteiger charge is -2.23. The fourth-order valence-corrected chi connectivity index (χ4v) is 2.76. The number of nitrogens with zero attached hydrogens (tertiary/aromatic N) is 2. The highest BCUT2D eigenvalue weighted by Gasteiger charge is 2.11. The van der Waals surface area contributed by atoms with Crippen LogP contribution in [0, 0.1) is 0 Å². The average molecular weight is 346 g/mol. The third kappa shape index (κ3) is 4.96. The standard InChI is InChI=1S/C19H24ClN3O/c1-3-9-23(10-4-2)17-11-16(12-21-14-17)19(24)22-13-15-7-5-6-8-18(15)20/h5-8,11-12,14H,3-4,9-10,13H2,1-2H3,(H,22,24). The molecule has 1 amide bonds. The Morgan fingerprint density at radius 3 is 2.54 bits per heavy atom. The Balaban J connectivity index is 2.07. The van der Waals surface area contributed by atoms with Crippen molar-refractivity contribution in [2.24, 2.45) is 0 Å². The molecule has 1 aromatic carbocycles. The molecule has 4 nitrogen and oxygen atoms in total. The van der Waals surface area contributed by atoms with Crippen LogP contribution in [0.2, 0.25) is 5.02 Å². The van der Waals surface area contributed by atoms with Gasteiger partial charge in [0.15, 0.2) is 0 Å². The molecule has 2 aromatic rings. The molecule has 1 N–H and O–H groups in total. The maximum absolute atomic E-state index is 12.4. The zero-order valence-electron chi connectivity index (χ0n) is 14.3. The molecular formula is C19H24ClN3O. The minimum Gasteiger partial charge on any atom is -0.370 e. The third-order valence-electron chi connectivity index (χ3n) is 3.74. The van der Waals surface area contributed by atoms with Crippen molar-refractivity contribution in [2.45, 2.75) is 33.2 Å². The van der Waals surface area contributed by atoms with Crippen LogP contribution < -0.4 is 10.2 Å². The number of rotatable bonds is 8. The van der Waals surface area contributed by atoms with Crippen molar-refractivity contribution in [1.82, 2.24) is 10.3 Å². The molecule has 0 bridgehead atoms. The van der Waals surface area contributed by atoms with E-state index < -0.39 is 0 Å². The predicted molar refractivity (Wildman–Crippen MR) is 99.7 cm³/mol. The molecule has 0 saturated carbocycles. The van der Waals surface area contributed by atoms with E-state index in [0.717, 1.165) is 37.2 Å². The molecular weight excluding hydrogens is 322 g/mol. The summed E-state index contributed by atoms with van der Waals surface area (Å²) in [5, 5.41) is 3.56. The summed E-state index contributed by atoms with van der Waals surface area (Å²) in [5.41, 5.74) is 2.45. The highest BCUT2D eigenvalue weighted by molar-refractivity contribution is 6.31. The van der Waals surface area contributed by atoms with E-state index in [9.17, 15) is 4.79 Å². The number of carbonyl (C=O) groups is 1. The number of aromatic nitrogens is 1. The van der Waals surface area contributed by atoms with Crippen LogP contribution in [0.4, 0.5) is 5.69 Å². The van der Waals surface area contributed by atoms with E-state index in [2.05, 4.69) is 29.0 Å². The molecule has 0 atom stereocenters. The van der Waals surface area contributed by atoms with Crippen molar-refractivity contribution in [3.8, 4) is 0 Å². The normalized spacial score (nSPS) is 10.5. The number of nitrogens with one attached hydrogen (secondary N) is 1. The van der Waals surface area contributed by atoms with Crippen LogP contribution in [0.1, 0.15) is 42.6 Å². The van der Waals surface area contributed by atoms with Crippen LogP contribution in [0.5, 0.6) is 0 Å². The lowest BCUT2D eigenvalue weighted by Crippen LogP contribution is -2.26. The summed E-state index contributed by atoms with van der Waals surface area (Å²) in [6, 6.07) is 9.40. The summed E-state index contributed by atoms with van der Waals surface area (Å²) in [6.07, 6.45) is 5.53. The van der Waals surface area contributed by atoms with Crippen LogP contribution in [-0.2, 0) is 6.54 Å². The van der Waals surface area contributed by atoms with Gasteiger partial charge >= 0.3 is 0 Å². The zero-order chi connectivity index (χ0) is 17.4. The number of halogens is 1. The van der Waals surface area contributed by atoms with Gasteiger partial charge in [-0.1, -0.05) is 43.6 Å². The first-order valence-electron chi connectivity index (χ1n) is 8.37. The minimum absolute atomic E-state index is 0.141. The van der Waals surface area contributed by atoms with Gasteiger partial charge in [0.2, 0.25) is 0 Å². The van der Waals surface area contributed by atoms with Crippen LogP contribution in [0.15, 0.2) is 42.7 Å². The number of pyridine rings is 1. The molecule has 0 aliphatic rings. The lowest BCUT2D eigenvalue weighted by molar-refractivity contribution is 0.0950. The molecule has 0 spiro atoms. The van der Waals surface area contributed by atoms with Crippen molar-refractivity contribution in [1.29, 1.82) is 0 Å². The van der Waals surface area contributed by atoms with Crippen molar-refractivity contribution in [3.63, 3.8) is 0 Å². The van der Waals surface area contributed by atoms with E-state index in [0.29, 0.717) is 17.1 Å².